The lowest BCUT2D eigenvalue weighted by Gasteiger charge is -2.21. The van der Waals surface area contributed by atoms with Gasteiger partial charge in [-0.25, -0.2) is 4.79 Å². The van der Waals surface area contributed by atoms with E-state index in [0.29, 0.717) is 18.0 Å². The Morgan fingerprint density at radius 3 is 2.57 bits per heavy atom. The Balaban J connectivity index is 2.18. The number of ether oxygens (including phenoxy) is 2. The molecule has 1 heterocycles. The number of benzene rings is 1. The number of hydrogen-bond donors (Lipinski definition) is 0. The molecule has 0 aliphatic carbocycles. The second-order valence-electron chi connectivity index (χ2n) is 5.78. The fourth-order valence-corrected chi connectivity index (χ4v) is 2.46. The van der Waals surface area contributed by atoms with E-state index in [1.54, 1.807) is 49.9 Å². The van der Waals surface area contributed by atoms with Crippen LogP contribution in [0.3, 0.4) is 0 Å². The molecule has 1 amide bonds. The highest BCUT2D eigenvalue weighted by Gasteiger charge is 2.32. The van der Waals surface area contributed by atoms with Gasteiger partial charge in [0, 0.05) is 6.54 Å². The van der Waals surface area contributed by atoms with Gasteiger partial charge in [-0.05, 0) is 39.3 Å². The zero-order chi connectivity index (χ0) is 15.6. The van der Waals surface area contributed by atoms with Crippen molar-refractivity contribution >= 4 is 33.7 Å². The summed E-state index contributed by atoms with van der Waals surface area (Å²) in [6.07, 6.45) is -0.0587. The highest BCUT2D eigenvalue weighted by molar-refractivity contribution is 9.10. The van der Waals surface area contributed by atoms with Crippen molar-refractivity contribution in [2.24, 2.45) is 0 Å². The Kier molecular flexibility index (Phi) is 4.56. The Hall–Kier alpha value is -1.56. The average Bonchev–Trinajstić information content (AvgIpc) is 2.68. The SMILES string of the molecule is CC(C)(C)OC(=O)Oc1ccccc1N1CCC(Br)C1=O. The van der Waals surface area contributed by atoms with Gasteiger partial charge in [0.1, 0.15) is 5.60 Å². The molecule has 1 fully saturated rings. The van der Waals surface area contributed by atoms with Crippen LogP contribution in [0.5, 0.6) is 5.75 Å². The summed E-state index contributed by atoms with van der Waals surface area (Å²) in [6.45, 7) is 5.88. The monoisotopic (exact) mass is 355 g/mol. The van der Waals surface area contributed by atoms with Crippen LogP contribution in [0.2, 0.25) is 0 Å². The van der Waals surface area contributed by atoms with E-state index in [1.165, 1.54) is 0 Å². The number of hydrogen-bond acceptors (Lipinski definition) is 4. The van der Waals surface area contributed by atoms with Crippen LogP contribution in [0, 0.1) is 0 Å². The van der Waals surface area contributed by atoms with Crippen LogP contribution in [0.1, 0.15) is 27.2 Å². The number of carbonyl (C=O) groups is 2. The van der Waals surface area contributed by atoms with Crippen molar-refractivity contribution in [3.8, 4) is 5.75 Å². The van der Waals surface area contributed by atoms with Crippen molar-refractivity contribution in [3.05, 3.63) is 24.3 Å². The average molecular weight is 356 g/mol. The summed E-state index contributed by atoms with van der Waals surface area (Å²) in [7, 11) is 0. The van der Waals surface area contributed by atoms with E-state index >= 15 is 0 Å². The van der Waals surface area contributed by atoms with Crippen molar-refractivity contribution in [2.45, 2.75) is 37.6 Å². The van der Waals surface area contributed by atoms with Crippen LogP contribution in [0.15, 0.2) is 24.3 Å². The predicted molar refractivity (Wildman–Crippen MR) is 83.0 cm³/mol. The lowest BCUT2D eigenvalue weighted by molar-refractivity contribution is -0.116. The third-order valence-corrected chi connectivity index (χ3v) is 3.73. The molecule has 1 unspecified atom stereocenters. The van der Waals surface area contributed by atoms with Gasteiger partial charge in [0.05, 0.1) is 10.5 Å². The summed E-state index contributed by atoms with van der Waals surface area (Å²) in [5.41, 5.74) is -0.0495. The summed E-state index contributed by atoms with van der Waals surface area (Å²) < 4.78 is 10.4. The Morgan fingerprint density at radius 1 is 1.33 bits per heavy atom. The van der Waals surface area contributed by atoms with Gasteiger partial charge in [-0.2, -0.15) is 0 Å². The van der Waals surface area contributed by atoms with Crippen molar-refractivity contribution < 1.29 is 19.1 Å². The molecular formula is C15H18BrNO4. The fraction of sp³-hybridized carbons (Fsp3) is 0.467. The quantitative estimate of drug-likeness (QED) is 0.462. The molecule has 0 saturated carbocycles. The van der Waals surface area contributed by atoms with Crippen molar-refractivity contribution in [3.63, 3.8) is 0 Å². The molecule has 5 nitrogen and oxygen atoms in total. The van der Waals surface area contributed by atoms with E-state index in [4.69, 9.17) is 9.47 Å². The van der Waals surface area contributed by atoms with E-state index in [2.05, 4.69) is 15.9 Å². The number of alkyl halides is 1. The number of carbonyl (C=O) groups excluding carboxylic acids is 2. The molecule has 1 aliphatic heterocycles. The molecule has 1 aliphatic rings. The maximum Gasteiger partial charge on any atom is 0.514 e. The van der Waals surface area contributed by atoms with Gasteiger partial charge in [-0.3, -0.25) is 4.79 Å². The van der Waals surface area contributed by atoms with Crippen molar-refractivity contribution in [2.75, 3.05) is 11.4 Å². The molecule has 1 aromatic carbocycles. The number of halogens is 1. The lowest BCUT2D eigenvalue weighted by Crippen LogP contribution is -2.29. The van der Waals surface area contributed by atoms with Crippen LogP contribution in [-0.2, 0) is 9.53 Å². The summed E-state index contributed by atoms with van der Waals surface area (Å²) in [5.74, 6) is 0.289. The molecule has 0 radical (unpaired) electrons. The van der Waals surface area contributed by atoms with Gasteiger partial charge in [-0.15, -0.1) is 0 Å². The summed E-state index contributed by atoms with van der Waals surface area (Å²) in [4.78, 5) is 25.3. The third-order valence-electron chi connectivity index (χ3n) is 2.88. The molecule has 1 aromatic rings. The molecule has 21 heavy (non-hydrogen) atoms. The van der Waals surface area contributed by atoms with E-state index in [1.807, 2.05) is 0 Å². The summed E-state index contributed by atoms with van der Waals surface area (Å²) in [6, 6.07) is 6.94. The third kappa shape index (κ3) is 3.97. The van der Waals surface area contributed by atoms with Gasteiger partial charge in [0.25, 0.3) is 0 Å². The van der Waals surface area contributed by atoms with Gasteiger partial charge >= 0.3 is 6.16 Å². The van der Waals surface area contributed by atoms with Crippen LogP contribution < -0.4 is 9.64 Å². The number of nitrogens with zero attached hydrogens (tertiary/aromatic N) is 1. The first-order chi connectivity index (χ1) is 9.78. The highest BCUT2D eigenvalue weighted by atomic mass is 79.9. The van der Waals surface area contributed by atoms with Crippen LogP contribution in [0.4, 0.5) is 10.5 Å². The number of amides is 1. The minimum absolute atomic E-state index is 0.0322. The Morgan fingerprint density at radius 2 is 2.00 bits per heavy atom. The zero-order valence-corrected chi connectivity index (χ0v) is 13.8. The summed E-state index contributed by atoms with van der Waals surface area (Å²) in [5, 5.41) is 0. The van der Waals surface area contributed by atoms with E-state index in [-0.39, 0.29) is 10.7 Å². The molecule has 1 saturated heterocycles. The molecule has 114 valence electrons. The van der Waals surface area contributed by atoms with Gasteiger partial charge in [-0.1, -0.05) is 28.1 Å². The summed E-state index contributed by atoms with van der Waals surface area (Å²) >= 11 is 3.33. The Labute approximate surface area is 132 Å². The molecule has 2 rings (SSSR count). The van der Waals surface area contributed by atoms with Crippen molar-refractivity contribution in [1.29, 1.82) is 0 Å². The molecule has 0 aromatic heterocycles. The first-order valence-corrected chi connectivity index (χ1v) is 7.65. The topological polar surface area (TPSA) is 55.8 Å². The number of para-hydroxylation sites is 2. The molecule has 0 bridgehead atoms. The minimum atomic E-state index is -0.781. The predicted octanol–water partition coefficient (Wildman–Crippen LogP) is 3.50. The van der Waals surface area contributed by atoms with Crippen LogP contribution in [-0.4, -0.2) is 29.0 Å². The standard InChI is InChI=1S/C15H18BrNO4/c1-15(2,3)21-14(19)20-12-7-5-4-6-11(12)17-9-8-10(16)13(17)18/h4-7,10H,8-9H2,1-3H3. The molecule has 1 atom stereocenters. The second-order valence-corrected chi connectivity index (χ2v) is 6.89. The first kappa shape index (κ1) is 15.8. The normalized spacial score (nSPS) is 18.8. The smallest absolute Gasteiger partial charge is 0.428 e. The number of rotatable bonds is 2. The van der Waals surface area contributed by atoms with E-state index < -0.39 is 11.8 Å². The molecule has 0 spiro atoms. The van der Waals surface area contributed by atoms with Crippen LogP contribution >= 0.6 is 15.9 Å². The Bertz CT molecular complexity index is 553. The van der Waals surface area contributed by atoms with Gasteiger partial charge in [0.2, 0.25) is 5.91 Å². The lowest BCUT2D eigenvalue weighted by atomic mass is 10.2. The van der Waals surface area contributed by atoms with Crippen molar-refractivity contribution in [1.82, 2.24) is 0 Å². The molecule has 0 N–H and O–H groups in total. The van der Waals surface area contributed by atoms with Gasteiger partial charge < -0.3 is 14.4 Å². The maximum absolute atomic E-state index is 12.1. The minimum Gasteiger partial charge on any atom is -0.428 e. The largest absolute Gasteiger partial charge is 0.514 e. The fourth-order valence-electron chi connectivity index (χ4n) is 2.01. The maximum atomic E-state index is 12.1. The molecular weight excluding hydrogens is 338 g/mol. The molecule has 6 heteroatoms. The highest BCUT2D eigenvalue weighted by Crippen LogP contribution is 2.33. The number of anilines is 1. The zero-order valence-electron chi connectivity index (χ0n) is 12.3. The first-order valence-electron chi connectivity index (χ1n) is 6.73. The van der Waals surface area contributed by atoms with Gasteiger partial charge in [0.15, 0.2) is 5.75 Å². The van der Waals surface area contributed by atoms with E-state index in [9.17, 15) is 9.59 Å². The van der Waals surface area contributed by atoms with Crippen LogP contribution in [0.25, 0.3) is 0 Å². The van der Waals surface area contributed by atoms with E-state index in [0.717, 1.165) is 6.42 Å². The second kappa shape index (κ2) is 6.05.